The van der Waals surface area contributed by atoms with Crippen LogP contribution in [0.3, 0.4) is 0 Å². The summed E-state index contributed by atoms with van der Waals surface area (Å²) >= 11 is 1.50. The number of nitrogens with zero attached hydrogens (tertiary/aromatic N) is 1. The average Bonchev–Trinajstić information content (AvgIpc) is 3.36. The number of esters is 1. The van der Waals surface area contributed by atoms with Crippen LogP contribution < -0.4 is 14.8 Å². The van der Waals surface area contributed by atoms with Gasteiger partial charge in [0, 0.05) is 15.8 Å². The third-order valence-electron chi connectivity index (χ3n) is 8.54. The molecule has 0 saturated heterocycles. The standard InChI is InChI=1S/C33H36N2O5S/c1-7-33(2,3)20-13-14-22-28(17-20)41-31(29(22)32(37)40-6)35-30(36)23-18-25(34-24-11-9-8-10-21(23)24)19-12-15-26(38-4)27(16-19)39-5/h8-12,15-16,18,20H,7,13-14,17H2,1-6H3,(H,35,36)/t20-/m1/s1. The normalized spacial score (nSPS) is 14.8. The van der Waals surface area contributed by atoms with E-state index in [9.17, 15) is 9.59 Å². The molecule has 5 rings (SSSR count). The van der Waals surface area contributed by atoms with Crippen molar-refractivity contribution in [3.05, 3.63) is 70.1 Å². The molecule has 41 heavy (non-hydrogen) atoms. The first kappa shape index (κ1) is 28.6. The summed E-state index contributed by atoms with van der Waals surface area (Å²) in [5.74, 6) is 0.968. The van der Waals surface area contributed by atoms with Gasteiger partial charge in [-0.3, -0.25) is 4.79 Å². The molecule has 2 heterocycles. The number of nitrogens with one attached hydrogen (secondary N) is 1. The van der Waals surface area contributed by atoms with E-state index < -0.39 is 5.97 Å². The number of carbonyl (C=O) groups excluding carboxylic acids is 2. The van der Waals surface area contributed by atoms with Crippen molar-refractivity contribution in [2.24, 2.45) is 11.3 Å². The molecule has 0 spiro atoms. The fourth-order valence-corrected chi connectivity index (χ4v) is 6.94. The largest absolute Gasteiger partial charge is 0.493 e. The van der Waals surface area contributed by atoms with Gasteiger partial charge in [-0.1, -0.05) is 45.4 Å². The molecule has 4 aromatic rings. The van der Waals surface area contributed by atoms with Crippen LogP contribution in [-0.2, 0) is 17.6 Å². The Morgan fingerprint density at radius 2 is 1.80 bits per heavy atom. The van der Waals surface area contributed by atoms with Crippen LogP contribution in [0.15, 0.2) is 48.5 Å². The summed E-state index contributed by atoms with van der Waals surface area (Å²) in [5, 5.41) is 4.34. The van der Waals surface area contributed by atoms with Gasteiger partial charge >= 0.3 is 5.97 Å². The molecule has 0 fully saturated rings. The van der Waals surface area contributed by atoms with E-state index in [1.807, 2.05) is 42.5 Å². The first-order chi connectivity index (χ1) is 19.7. The van der Waals surface area contributed by atoms with Crippen molar-refractivity contribution in [3.8, 4) is 22.8 Å². The van der Waals surface area contributed by atoms with E-state index in [2.05, 4.69) is 26.1 Å². The number of thiophene rings is 1. The molecule has 1 atom stereocenters. The number of fused-ring (bicyclic) bond motifs is 2. The molecule has 214 valence electrons. The van der Waals surface area contributed by atoms with Gasteiger partial charge in [0.25, 0.3) is 5.91 Å². The molecule has 2 aromatic carbocycles. The summed E-state index contributed by atoms with van der Waals surface area (Å²) < 4.78 is 16.1. The van der Waals surface area contributed by atoms with Gasteiger partial charge in [-0.05, 0) is 66.5 Å². The number of ether oxygens (including phenoxy) is 3. The molecule has 0 radical (unpaired) electrons. The molecule has 1 N–H and O–H groups in total. The van der Waals surface area contributed by atoms with Crippen molar-refractivity contribution < 1.29 is 23.8 Å². The number of amides is 1. The van der Waals surface area contributed by atoms with Crippen molar-refractivity contribution in [2.75, 3.05) is 26.6 Å². The van der Waals surface area contributed by atoms with Crippen LogP contribution in [0, 0.1) is 11.3 Å². The summed E-state index contributed by atoms with van der Waals surface area (Å²) in [5.41, 5.74) is 4.25. The van der Waals surface area contributed by atoms with Crippen LogP contribution in [0.2, 0.25) is 0 Å². The van der Waals surface area contributed by atoms with Crippen molar-refractivity contribution in [1.29, 1.82) is 0 Å². The highest BCUT2D eigenvalue weighted by molar-refractivity contribution is 7.17. The predicted octanol–water partition coefficient (Wildman–Crippen LogP) is 7.56. The van der Waals surface area contributed by atoms with E-state index in [0.29, 0.717) is 44.8 Å². The molecule has 0 saturated carbocycles. The Morgan fingerprint density at radius 3 is 2.51 bits per heavy atom. The number of pyridine rings is 1. The summed E-state index contributed by atoms with van der Waals surface area (Å²) in [7, 11) is 4.55. The number of aromatic nitrogens is 1. The molecule has 1 amide bonds. The predicted molar refractivity (Wildman–Crippen MR) is 163 cm³/mol. The zero-order chi connectivity index (χ0) is 29.3. The number of hydrogen-bond acceptors (Lipinski definition) is 7. The number of hydrogen-bond donors (Lipinski definition) is 1. The fraction of sp³-hybridized carbons (Fsp3) is 0.364. The zero-order valence-corrected chi connectivity index (χ0v) is 25.2. The Labute approximate surface area is 244 Å². The van der Waals surface area contributed by atoms with Crippen LogP contribution in [-0.4, -0.2) is 38.2 Å². The van der Waals surface area contributed by atoms with E-state index >= 15 is 0 Å². The van der Waals surface area contributed by atoms with Crippen LogP contribution >= 0.6 is 11.3 Å². The summed E-state index contributed by atoms with van der Waals surface area (Å²) in [6, 6.07) is 14.9. The summed E-state index contributed by atoms with van der Waals surface area (Å²) in [6.07, 6.45) is 3.78. The van der Waals surface area contributed by atoms with Gasteiger partial charge in [-0.25, -0.2) is 9.78 Å². The van der Waals surface area contributed by atoms with E-state index in [1.165, 1.54) is 18.4 Å². The highest BCUT2D eigenvalue weighted by atomic mass is 32.1. The van der Waals surface area contributed by atoms with Gasteiger partial charge < -0.3 is 19.5 Å². The van der Waals surface area contributed by atoms with Crippen molar-refractivity contribution >= 4 is 39.1 Å². The molecule has 8 heteroatoms. The van der Waals surface area contributed by atoms with Crippen molar-refractivity contribution in [2.45, 2.75) is 46.5 Å². The quantitative estimate of drug-likeness (QED) is 0.219. The average molecular weight is 573 g/mol. The lowest BCUT2D eigenvalue weighted by atomic mass is 9.69. The van der Waals surface area contributed by atoms with Crippen LogP contribution in [0.5, 0.6) is 11.5 Å². The summed E-state index contributed by atoms with van der Waals surface area (Å²) in [6.45, 7) is 6.85. The Morgan fingerprint density at radius 1 is 1.05 bits per heavy atom. The molecule has 0 bridgehead atoms. The first-order valence-corrected chi connectivity index (χ1v) is 14.7. The highest BCUT2D eigenvalue weighted by Gasteiger charge is 2.36. The van der Waals surface area contributed by atoms with Crippen LogP contribution in [0.25, 0.3) is 22.2 Å². The number of anilines is 1. The number of carbonyl (C=O) groups is 2. The maximum absolute atomic E-state index is 14.0. The summed E-state index contributed by atoms with van der Waals surface area (Å²) in [4.78, 5) is 32.9. The highest BCUT2D eigenvalue weighted by Crippen LogP contribution is 2.46. The van der Waals surface area contributed by atoms with Crippen molar-refractivity contribution in [1.82, 2.24) is 4.98 Å². The van der Waals surface area contributed by atoms with Gasteiger partial charge in [0.1, 0.15) is 5.00 Å². The molecule has 0 unspecified atom stereocenters. The Kier molecular flexibility index (Phi) is 8.04. The number of methoxy groups -OCH3 is 3. The second-order valence-electron chi connectivity index (χ2n) is 11.1. The smallest absolute Gasteiger partial charge is 0.341 e. The second-order valence-corrected chi connectivity index (χ2v) is 12.2. The topological polar surface area (TPSA) is 86.8 Å². The Hall–Kier alpha value is -3.91. The minimum atomic E-state index is -0.420. The van der Waals surface area contributed by atoms with Gasteiger partial charge in [-0.2, -0.15) is 0 Å². The third kappa shape index (κ3) is 5.40. The van der Waals surface area contributed by atoms with Gasteiger partial charge in [0.05, 0.1) is 43.7 Å². The molecular weight excluding hydrogens is 536 g/mol. The second kappa shape index (κ2) is 11.5. The van der Waals surface area contributed by atoms with E-state index in [0.717, 1.165) is 47.1 Å². The molecule has 1 aliphatic rings. The monoisotopic (exact) mass is 572 g/mol. The van der Waals surface area contributed by atoms with E-state index in [4.69, 9.17) is 19.2 Å². The molecule has 1 aliphatic carbocycles. The lowest BCUT2D eigenvalue weighted by Crippen LogP contribution is -2.28. The SMILES string of the molecule is CCC(C)(C)[C@@H]1CCc2c(sc(NC(=O)c3cc(-c4ccc(OC)c(OC)c4)nc4ccccc34)c2C(=O)OC)C1. The van der Waals surface area contributed by atoms with Gasteiger partial charge in [0.2, 0.25) is 0 Å². The van der Waals surface area contributed by atoms with Gasteiger partial charge in [0.15, 0.2) is 11.5 Å². The maximum Gasteiger partial charge on any atom is 0.341 e. The maximum atomic E-state index is 14.0. The van der Waals surface area contributed by atoms with E-state index in [1.54, 1.807) is 20.3 Å². The molecule has 0 aliphatic heterocycles. The Balaban J connectivity index is 1.56. The lowest BCUT2D eigenvalue weighted by Gasteiger charge is -2.36. The third-order valence-corrected chi connectivity index (χ3v) is 9.71. The van der Waals surface area contributed by atoms with Crippen molar-refractivity contribution in [3.63, 3.8) is 0 Å². The first-order valence-electron chi connectivity index (χ1n) is 13.9. The number of para-hydroxylation sites is 1. The van der Waals surface area contributed by atoms with Crippen LogP contribution in [0.1, 0.15) is 64.8 Å². The molecule has 7 nitrogen and oxygen atoms in total. The van der Waals surface area contributed by atoms with Gasteiger partial charge in [-0.15, -0.1) is 11.3 Å². The lowest BCUT2D eigenvalue weighted by molar-refractivity contribution is 0.0600. The van der Waals surface area contributed by atoms with E-state index in [-0.39, 0.29) is 11.3 Å². The fourth-order valence-electron chi connectivity index (χ4n) is 5.62. The Bertz CT molecular complexity index is 1620. The molecule has 2 aromatic heterocycles. The minimum Gasteiger partial charge on any atom is -0.493 e. The van der Waals surface area contributed by atoms with Crippen LogP contribution in [0.4, 0.5) is 5.00 Å². The number of rotatable bonds is 8. The number of benzene rings is 2. The minimum absolute atomic E-state index is 0.201. The zero-order valence-electron chi connectivity index (χ0n) is 24.4. The molecular formula is C33H36N2O5S.